The van der Waals surface area contributed by atoms with Gasteiger partial charge in [0, 0.05) is 18.2 Å². The van der Waals surface area contributed by atoms with E-state index in [0.29, 0.717) is 10.3 Å². The Bertz CT molecular complexity index is 791. The van der Waals surface area contributed by atoms with Gasteiger partial charge in [0.15, 0.2) is 0 Å². The highest BCUT2D eigenvalue weighted by molar-refractivity contribution is 5.84. The lowest BCUT2D eigenvalue weighted by Crippen LogP contribution is -2.34. The molecular weight excluding hydrogens is 318 g/mol. The summed E-state index contributed by atoms with van der Waals surface area (Å²) < 4.78 is 5.73. The molecule has 1 aromatic heterocycles. The van der Waals surface area contributed by atoms with E-state index in [2.05, 4.69) is 0 Å². The van der Waals surface area contributed by atoms with Crippen molar-refractivity contribution in [2.75, 3.05) is 0 Å². The number of esters is 1. The predicted molar refractivity (Wildman–Crippen MR) is 79.6 cm³/mol. The van der Waals surface area contributed by atoms with Crippen LogP contribution in [0.25, 0.3) is 0 Å². The fraction of sp³-hybridized carbons (Fsp3) is 0.250. The molecule has 8 heteroatoms. The average molecular weight is 333 g/mol. The monoisotopic (exact) mass is 333 g/mol. The summed E-state index contributed by atoms with van der Waals surface area (Å²) in [4.78, 5) is 29.0. The number of carbonyl (C=O) groups is 2. The van der Waals surface area contributed by atoms with Gasteiger partial charge in [-0.1, -0.05) is 13.0 Å². The molecule has 3 N–H and O–H groups in total. The number of aromatic hydroxyl groups is 3. The van der Waals surface area contributed by atoms with Crippen LogP contribution in [0.2, 0.25) is 0 Å². The molecule has 8 nitrogen and oxygen atoms in total. The van der Waals surface area contributed by atoms with Gasteiger partial charge in [0.25, 0.3) is 0 Å². The number of phenolic OH excluding ortho intramolecular Hbond substituents is 1. The fourth-order valence-electron chi connectivity index (χ4n) is 2.67. The van der Waals surface area contributed by atoms with Crippen molar-refractivity contribution in [3.8, 4) is 23.3 Å². The van der Waals surface area contributed by atoms with E-state index in [4.69, 9.17) is 9.57 Å². The van der Waals surface area contributed by atoms with Gasteiger partial charge in [-0.25, -0.2) is 4.79 Å². The molecule has 2 atom stereocenters. The van der Waals surface area contributed by atoms with Crippen molar-refractivity contribution < 1.29 is 34.5 Å². The van der Waals surface area contributed by atoms with Crippen LogP contribution in [0.3, 0.4) is 0 Å². The fourth-order valence-corrected chi connectivity index (χ4v) is 2.67. The largest absolute Gasteiger partial charge is 0.508 e. The Balaban J connectivity index is 1.76. The molecule has 1 aliphatic heterocycles. The van der Waals surface area contributed by atoms with Crippen molar-refractivity contribution in [2.24, 2.45) is 5.92 Å². The molecule has 3 rings (SSSR count). The standard InChI is InChI=1S/C16H15NO7/c1-8-10-3-2-9(18)6-12(10)23-16(22)11(8)7-15(21)24-17-13(19)4-5-14(17)20/h2-6,8,11,18-20H,7H2,1H3. The van der Waals surface area contributed by atoms with Crippen molar-refractivity contribution in [1.29, 1.82) is 0 Å². The minimum absolute atomic E-state index is 0.0230. The number of aromatic nitrogens is 1. The Labute approximate surface area is 136 Å². The first-order chi connectivity index (χ1) is 11.4. The van der Waals surface area contributed by atoms with Crippen molar-refractivity contribution >= 4 is 11.9 Å². The maximum atomic E-state index is 12.1. The van der Waals surface area contributed by atoms with Crippen LogP contribution in [0.4, 0.5) is 0 Å². The minimum Gasteiger partial charge on any atom is -0.508 e. The molecule has 1 aliphatic rings. The Morgan fingerprint density at radius 1 is 1.21 bits per heavy atom. The van der Waals surface area contributed by atoms with E-state index in [1.165, 1.54) is 12.1 Å². The van der Waals surface area contributed by atoms with Crippen LogP contribution >= 0.6 is 0 Å². The first-order valence-electron chi connectivity index (χ1n) is 7.22. The minimum atomic E-state index is -0.812. The third-order valence-electron chi connectivity index (χ3n) is 3.98. The van der Waals surface area contributed by atoms with E-state index in [1.54, 1.807) is 13.0 Å². The average Bonchev–Trinajstić information content (AvgIpc) is 2.83. The smallest absolute Gasteiger partial charge is 0.334 e. The molecule has 1 aromatic carbocycles. The van der Waals surface area contributed by atoms with Gasteiger partial charge in [0.2, 0.25) is 11.8 Å². The summed E-state index contributed by atoms with van der Waals surface area (Å²) in [7, 11) is 0. The summed E-state index contributed by atoms with van der Waals surface area (Å²) in [6.07, 6.45) is -0.294. The van der Waals surface area contributed by atoms with Crippen LogP contribution in [0.1, 0.15) is 24.8 Å². The summed E-state index contributed by atoms with van der Waals surface area (Å²) in [6.45, 7) is 1.76. The molecular formula is C16H15NO7. The maximum absolute atomic E-state index is 12.1. The van der Waals surface area contributed by atoms with Crippen LogP contribution in [-0.4, -0.2) is 32.0 Å². The predicted octanol–water partition coefficient (Wildman–Crippen LogP) is 1.29. The van der Waals surface area contributed by atoms with Crippen LogP contribution in [-0.2, 0) is 9.59 Å². The van der Waals surface area contributed by atoms with Gasteiger partial charge >= 0.3 is 11.9 Å². The molecule has 0 saturated carbocycles. The zero-order valence-corrected chi connectivity index (χ0v) is 12.7. The maximum Gasteiger partial charge on any atom is 0.334 e. The first kappa shape index (κ1) is 15.7. The summed E-state index contributed by atoms with van der Waals surface area (Å²) in [5, 5.41) is 28.4. The van der Waals surface area contributed by atoms with E-state index in [1.807, 2.05) is 0 Å². The lowest BCUT2D eigenvalue weighted by molar-refractivity contribution is -0.152. The van der Waals surface area contributed by atoms with Gasteiger partial charge in [-0.3, -0.25) is 4.79 Å². The lowest BCUT2D eigenvalue weighted by atomic mass is 9.83. The SMILES string of the molecule is CC1c2ccc(O)cc2OC(=O)C1CC(=O)On1c(O)ccc1O. The number of nitrogens with zero attached hydrogens (tertiary/aromatic N) is 1. The van der Waals surface area contributed by atoms with Crippen molar-refractivity contribution in [3.63, 3.8) is 0 Å². The van der Waals surface area contributed by atoms with Gasteiger partial charge in [0.1, 0.15) is 11.5 Å². The lowest BCUT2D eigenvalue weighted by Gasteiger charge is -2.28. The van der Waals surface area contributed by atoms with E-state index < -0.39 is 29.6 Å². The Hall–Kier alpha value is -3.16. The molecule has 126 valence electrons. The van der Waals surface area contributed by atoms with Gasteiger partial charge in [0.05, 0.1) is 12.3 Å². The number of rotatable bonds is 3. The van der Waals surface area contributed by atoms with Crippen molar-refractivity contribution in [3.05, 3.63) is 35.9 Å². The number of benzene rings is 1. The highest BCUT2D eigenvalue weighted by Crippen LogP contribution is 2.40. The molecule has 24 heavy (non-hydrogen) atoms. The van der Waals surface area contributed by atoms with Crippen LogP contribution < -0.4 is 9.57 Å². The summed E-state index contributed by atoms with van der Waals surface area (Å²) in [6, 6.07) is 6.75. The number of ether oxygens (including phenoxy) is 1. The Kier molecular flexibility index (Phi) is 3.80. The Morgan fingerprint density at radius 2 is 1.88 bits per heavy atom. The van der Waals surface area contributed by atoms with Crippen LogP contribution in [0.15, 0.2) is 30.3 Å². The van der Waals surface area contributed by atoms with Gasteiger partial charge in [-0.05, 0) is 17.5 Å². The van der Waals surface area contributed by atoms with Gasteiger partial charge in [-0.15, -0.1) is 4.73 Å². The highest BCUT2D eigenvalue weighted by atomic mass is 16.7. The number of carbonyl (C=O) groups excluding carboxylic acids is 2. The quantitative estimate of drug-likeness (QED) is 0.572. The van der Waals surface area contributed by atoms with Crippen LogP contribution in [0.5, 0.6) is 23.3 Å². The molecule has 0 aliphatic carbocycles. The molecule has 2 unspecified atom stereocenters. The topological polar surface area (TPSA) is 118 Å². The van der Waals surface area contributed by atoms with E-state index in [0.717, 1.165) is 12.1 Å². The zero-order chi connectivity index (χ0) is 17.4. The number of hydrogen-bond acceptors (Lipinski definition) is 7. The van der Waals surface area contributed by atoms with Crippen molar-refractivity contribution in [1.82, 2.24) is 4.73 Å². The second-order valence-corrected chi connectivity index (χ2v) is 5.55. The number of hydrogen-bond donors (Lipinski definition) is 3. The van der Waals surface area contributed by atoms with E-state index in [9.17, 15) is 24.9 Å². The molecule has 0 saturated heterocycles. The highest BCUT2D eigenvalue weighted by Gasteiger charge is 2.37. The zero-order valence-electron chi connectivity index (χ0n) is 12.7. The van der Waals surface area contributed by atoms with E-state index in [-0.39, 0.29) is 23.8 Å². The third-order valence-corrected chi connectivity index (χ3v) is 3.98. The molecule has 0 radical (unpaired) electrons. The molecule has 2 aromatic rings. The Morgan fingerprint density at radius 3 is 2.54 bits per heavy atom. The van der Waals surface area contributed by atoms with E-state index >= 15 is 0 Å². The van der Waals surface area contributed by atoms with Gasteiger partial charge < -0.3 is 24.9 Å². The first-order valence-corrected chi connectivity index (χ1v) is 7.22. The van der Waals surface area contributed by atoms with Crippen molar-refractivity contribution in [2.45, 2.75) is 19.3 Å². The third kappa shape index (κ3) is 2.73. The normalized spacial score (nSPS) is 19.5. The number of fused-ring (bicyclic) bond motifs is 1. The molecule has 0 fully saturated rings. The second-order valence-electron chi connectivity index (χ2n) is 5.55. The molecule has 0 amide bonds. The van der Waals surface area contributed by atoms with Crippen LogP contribution in [0, 0.1) is 5.92 Å². The summed E-state index contributed by atoms with van der Waals surface area (Å²) in [5.41, 5.74) is 0.692. The second kappa shape index (κ2) is 5.80. The molecule has 2 heterocycles. The molecule has 0 spiro atoms. The summed E-state index contributed by atoms with van der Waals surface area (Å²) in [5.74, 6) is -3.19. The van der Waals surface area contributed by atoms with Gasteiger partial charge in [-0.2, -0.15) is 0 Å². The summed E-state index contributed by atoms with van der Waals surface area (Å²) >= 11 is 0. The molecule has 0 bridgehead atoms. The number of phenols is 1.